The highest BCUT2D eigenvalue weighted by Crippen LogP contribution is 2.35. The second-order valence-corrected chi connectivity index (χ2v) is 11.0. The quantitative estimate of drug-likeness (QED) is 0.379. The maximum absolute atomic E-state index is 13.6. The molecule has 1 saturated heterocycles. The number of anilines is 1. The zero-order valence-corrected chi connectivity index (χ0v) is 21.5. The third kappa shape index (κ3) is 6.66. The van der Waals surface area contributed by atoms with Crippen LogP contribution in [0.5, 0.6) is 0 Å². The molecule has 1 aliphatic rings. The molecule has 3 aromatic rings. The summed E-state index contributed by atoms with van der Waals surface area (Å²) in [4.78, 5) is 16.7. The first-order valence-corrected chi connectivity index (χ1v) is 13.5. The highest BCUT2D eigenvalue weighted by Gasteiger charge is 2.35. The van der Waals surface area contributed by atoms with Gasteiger partial charge < -0.3 is 19.8 Å². The lowest BCUT2D eigenvalue weighted by Crippen LogP contribution is -2.45. The summed E-state index contributed by atoms with van der Waals surface area (Å²) in [5.74, 6) is 0.285. The Hall–Kier alpha value is -3.44. The molecule has 196 valence electrons. The number of imidazole rings is 1. The van der Waals surface area contributed by atoms with Gasteiger partial charge in [-0.3, -0.25) is 0 Å². The lowest BCUT2D eigenvalue weighted by molar-refractivity contribution is -0.231. The highest BCUT2D eigenvalue weighted by molar-refractivity contribution is 7.88. The van der Waals surface area contributed by atoms with Gasteiger partial charge in [0, 0.05) is 23.7 Å². The van der Waals surface area contributed by atoms with Crippen molar-refractivity contribution >= 4 is 16.0 Å². The molecule has 37 heavy (non-hydrogen) atoms. The fourth-order valence-corrected chi connectivity index (χ4v) is 4.27. The molecule has 0 saturated carbocycles. The van der Waals surface area contributed by atoms with Crippen LogP contribution in [-0.4, -0.2) is 60.4 Å². The van der Waals surface area contributed by atoms with Gasteiger partial charge in [-0.15, -0.1) is 0 Å². The fraction of sp³-hybridized carbons (Fsp3) is 0.417. The minimum Gasteiger partial charge on any atom is -0.345 e. The first-order chi connectivity index (χ1) is 17.6. The molecule has 2 aromatic heterocycles. The van der Waals surface area contributed by atoms with Crippen LogP contribution in [0.1, 0.15) is 32.4 Å². The Morgan fingerprint density at radius 1 is 1.24 bits per heavy atom. The molecule has 3 N–H and O–H groups in total. The van der Waals surface area contributed by atoms with Crippen molar-refractivity contribution in [3.63, 3.8) is 0 Å². The van der Waals surface area contributed by atoms with Crippen LogP contribution in [0.3, 0.4) is 0 Å². The highest BCUT2D eigenvalue weighted by atomic mass is 32.2. The molecule has 13 heteroatoms. The number of nitrogens with one attached hydrogen (secondary N) is 3. The number of hydrogen-bond acceptors (Lipinski definition) is 9. The zero-order chi connectivity index (χ0) is 26.6. The number of sulfonamides is 1. The van der Waals surface area contributed by atoms with Crippen LogP contribution < -0.4 is 10.0 Å². The lowest BCUT2D eigenvalue weighted by atomic mass is 9.92. The molecule has 0 radical (unpaired) electrons. The number of rotatable bonds is 9. The summed E-state index contributed by atoms with van der Waals surface area (Å²) in [5.41, 5.74) is 1.64. The van der Waals surface area contributed by atoms with E-state index in [0.29, 0.717) is 34.9 Å². The Morgan fingerprint density at radius 3 is 2.57 bits per heavy atom. The fourth-order valence-electron chi connectivity index (χ4n) is 3.66. The smallest absolute Gasteiger partial charge is 0.224 e. The molecule has 1 atom stereocenters. The average Bonchev–Trinajstić information content (AvgIpc) is 3.32. The van der Waals surface area contributed by atoms with Crippen molar-refractivity contribution in [3.05, 3.63) is 48.2 Å². The summed E-state index contributed by atoms with van der Waals surface area (Å²) in [6.07, 6.45) is 2.41. The summed E-state index contributed by atoms with van der Waals surface area (Å²) in [5, 5.41) is 12.3. The molecule has 0 spiro atoms. The van der Waals surface area contributed by atoms with Crippen LogP contribution in [0.2, 0.25) is 0 Å². The van der Waals surface area contributed by atoms with Crippen molar-refractivity contribution < 1.29 is 22.3 Å². The van der Waals surface area contributed by atoms with E-state index in [2.05, 4.69) is 31.1 Å². The molecular weight excluding hydrogens is 501 g/mol. The number of benzene rings is 1. The van der Waals surface area contributed by atoms with Gasteiger partial charge in [0.2, 0.25) is 22.3 Å². The first-order valence-electron chi connectivity index (χ1n) is 11.6. The molecule has 1 aromatic carbocycles. The third-order valence-corrected chi connectivity index (χ3v) is 6.44. The summed E-state index contributed by atoms with van der Waals surface area (Å²) in [6, 6.07) is 9.30. The largest absolute Gasteiger partial charge is 0.345 e. The maximum atomic E-state index is 13.6. The number of H-pyrrole nitrogens is 1. The minimum absolute atomic E-state index is 0.168. The summed E-state index contributed by atoms with van der Waals surface area (Å²) in [6.45, 7) is 4.37. The van der Waals surface area contributed by atoms with E-state index in [0.717, 1.165) is 6.26 Å². The maximum Gasteiger partial charge on any atom is 0.224 e. The Balaban J connectivity index is 1.63. The summed E-state index contributed by atoms with van der Waals surface area (Å²) in [7, 11) is -3.35. The molecule has 4 rings (SSSR count). The summed E-state index contributed by atoms with van der Waals surface area (Å²) >= 11 is 0. The second kappa shape index (κ2) is 10.9. The molecule has 0 bridgehead atoms. The number of nitrogens with zero attached hydrogens (tertiary/aromatic N) is 4. The topological polar surface area (TPSA) is 155 Å². The Kier molecular flexibility index (Phi) is 7.84. The van der Waals surface area contributed by atoms with E-state index in [4.69, 9.17) is 14.5 Å². The monoisotopic (exact) mass is 529 g/mol. The normalized spacial score (nSPS) is 20.8. The van der Waals surface area contributed by atoms with Crippen molar-refractivity contribution in [3.8, 4) is 28.7 Å². The molecule has 0 amide bonds. The van der Waals surface area contributed by atoms with Crippen molar-refractivity contribution in [1.82, 2.24) is 24.7 Å². The molecular formula is C24H28FN7O4S. The zero-order valence-electron chi connectivity index (χ0n) is 20.7. The van der Waals surface area contributed by atoms with E-state index in [1.807, 2.05) is 13.8 Å². The van der Waals surface area contributed by atoms with Gasteiger partial charge in [0.1, 0.15) is 11.9 Å². The molecule has 3 heterocycles. The van der Waals surface area contributed by atoms with Crippen molar-refractivity contribution in [2.24, 2.45) is 5.41 Å². The average molecular weight is 530 g/mol. The molecule has 1 unspecified atom stereocenters. The Morgan fingerprint density at radius 2 is 1.95 bits per heavy atom. The van der Waals surface area contributed by atoms with Gasteiger partial charge >= 0.3 is 0 Å². The second-order valence-electron chi connectivity index (χ2n) is 9.21. The van der Waals surface area contributed by atoms with E-state index >= 15 is 0 Å². The van der Waals surface area contributed by atoms with Gasteiger partial charge in [-0.25, -0.2) is 32.5 Å². The van der Waals surface area contributed by atoms with Crippen LogP contribution in [0.4, 0.5) is 10.3 Å². The number of aromatic amines is 1. The van der Waals surface area contributed by atoms with E-state index in [1.54, 1.807) is 24.4 Å². The lowest BCUT2D eigenvalue weighted by Gasteiger charge is -2.36. The van der Waals surface area contributed by atoms with Crippen LogP contribution >= 0.6 is 0 Å². The van der Waals surface area contributed by atoms with E-state index < -0.39 is 27.8 Å². The van der Waals surface area contributed by atoms with Gasteiger partial charge in [0.25, 0.3) is 0 Å². The Bertz CT molecular complexity index is 1380. The molecule has 0 aliphatic carbocycles. The van der Waals surface area contributed by atoms with E-state index in [9.17, 15) is 18.1 Å². The number of halogens is 1. The van der Waals surface area contributed by atoms with Gasteiger partial charge in [0.05, 0.1) is 42.6 Å². The minimum atomic E-state index is -3.35. The Labute approximate surface area is 214 Å². The number of hydrogen-bond donors (Lipinski definition) is 3. The molecule has 11 nitrogen and oxygen atoms in total. The SMILES string of the molecule is CCC(C#N)Nc1nccc(-c2[nH]c(C3OCC(C)(CNS(C)(=O)=O)CO3)nc2-c2ccc(F)cc2)n1. The van der Waals surface area contributed by atoms with Gasteiger partial charge in [0.15, 0.2) is 5.82 Å². The molecule has 1 fully saturated rings. The standard InChI is InChI=1S/C24H28FN7O4S/c1-4-17(11-26)29-23-27-10-9-18(30-23)20-19(15-5-7-16(25)8-6-15)31-21(32-20)22-35-13-24(2,14-36-22)12-28-37(3,33)34/h5-10,17,22,28H,4,12-14H2,1-3H3,(H,31,32)(H,27,29,30). The first kappa shape index (κ1) is 26.6. The van der Waals surface area contributed by atoms with E-state index in [-0.39, 0.29) is 31.5 Å². The predicted molar refractivity (Wildman–Crippen MR) is 134 cm³/mol. The van der Waals surface area contributed by atoms with Crippen molar-refractivity contribution in [2.75, 3.05) is 31.3 Å². The van der Waals surface area contributed by atoms with Crippen LogP contribution in [0.15, 0.2) is 36.5 Å². The predicted octanol–water partition coefficient (Wildman–Crippen LogP) is 2.99. The van der Waals surface area contributed by atoms with Gasteiger partial charge in [-0.05, 0) is 36.8 Å². The number of ether oxygens (including phenoxy) is 2. The number of aromatic nitrogens is 4. The van der Waals surface area contributed by atoms with Crippen LogP contribution in [-0.2, 0) is 19.5 Å². The van der Waals surface area contributed by atoms with Crippen molar-refractivity contribution in [2.45, 2.75) is 32.6 Å². The van der Waals surface area contributed by atoms with E-state index in [1.165, 1.54) is 12.1 Å². The van der Waals surface area contributed by atoms with Crippen molar-refractivity contribution in [1.29, 1.82) is 5.26 Å². The van der Waals surface area contributed by atoms with Crippen LogP contribution in [0, 0.1) is 22.6 Å². The third-order valence-electron chi connectivity index (χ3n) is 5.77. The van der Waals surface area contributed by atoms with Crippen LogP contribution in [0.25, 0.3) is 22.6 Å². The summed E-state index contributed by atoms with van der Waals surface area (Å²) < 4.78 is 50.9. The van der Waals surface area contributed by atoms with Gasteiger partial charge in [-0.1, -0.05) is 13.8 Å². The van der Waals surface area contributed by atoms with Gasteiger partial charge in [-0.2, -0.15) is 5.26 Å². The molecule has 1 aliphatic heterocycles. The number of nitriles is 1.